The molecule has 4 aromatic carbocycles. The van der Waals surface area contributed by atoms with Crippen LogP contribution in [0.15, 0.2) is 24.3 Å². The highest BCUT2D eigenvalue weighted by atomic mass is 16.3. The Labute approximate surface area is 312 Å². The molecule has 0 amide bonds. The van der Waals surface area contributed by atoms with E-state index in [0.29, 0.717) is 95.9 Å². The summed E-state index contributed by atoms with van der Waals surface area (Å²) in [7, 11) is 0. The Morgan fingerprint density at radius 3 is 0.717 bits per heavy atom. The number of aliphatic hydroxyl groups excluding tert-OH is 1. The SMILES string of the molecule is CCCC1c2cc(c(O)c(C)c2O)C(CCC)c2cc(c(O)c(C)c2O)C(CCCO)c2cc(c(O)c(C)c2O)C(CCC)c2cc1c(O)c(C)c2O. The minimum absolute atomic E-state index is 0.120. The third-order valence-electron chi connectivity index (χ3n) is 11.7. The van der Waals surface area contributed by atoms with Crippen molar-refractivity contribution in [1.82, 2.24) is 0 Å². The van der Waals surface area contributed by atoms with Crippen LogP contribution in [0.3, 0.4) is 0 Å². The number of fused-ring (bicyclic) bond motifs is 8. The van der Waals surface area contributed by atoms with Crippen LogP contribution in [0, 0.1) is 27.7 Å². The van der Waals surface area contributed by atoms with E-state index >= 15 is 0 Å². The Balaban J connectivity index is 2.06. The Morgan fingerprint density at radius 1 is 0.358 bits per heavy atom. The van der Waals surface area contributed by atoms with Crippen LogP contribution in [0.5, 0.6) is 46.0 Å². The van der Waals surface area contributed by atoms with Crippen molar-refractivity contribution in [3.05, 3.63) is 91.0 Å². The van der Waals surface area contributed by atoms with Gasteiger partial charge < -0.3 is 46.0 Å². The molecule has 4 aromatic rings. The molecular formula is C44H56O9. The summed E-state index contributed by atoms with van der Waals surface area (Å²) in [4.78, 5) is 0. The molecule has 53 heavy (non-hydrogen) atoms. The van der Waals surface area contributed by atoms with Crippen LogP contribution in [0.25, 0.3) is 0 Å². The number of benzene rings is 4. The molecule has 0 radical (unpaired) electrons. The van der Waals surface area contributed by atoms with Crippen molar-refractivity contribution in [2.45, 2.75) is 124 Å². The molecule has 286 valence electrons. The van der Waals surface area contributed by atoms with Crippen molar-refractivity contribution in [1.29, 1.82) is 0 Å². The van der Waals surface area contributed by atoms with Gasteiger partial charge in [-0.2, -0.15) is 0 Å². The average Bonchev–Trinajstić information content (AvgIpc) is 3.14. The molecule has 2 atom stereocenters. The van der Waals surface area contributed by atoms with Crippen molar-refractivity contribution in [3.8, 4) is 46.0 Å². The minimum atomic E-state index is -0.707. The molecule has 1 aliphatic carbocycles. The molecule has 9 N–H and O–H groups in total. The van der Waals surface area contributed by atoms with Gasteiger partial charge in [-0.1, -0.05) is 40.0 Å². The number of aromatic hydroxyl groups is 8. The molecule has 0 aliphatic heterocycles. The number of aliphatic hydroxyl groups is 1. The fourth-order valence-corrected chi connectivity index (χ4v) is 8.60. The zero-order valence-electron chi connectivity index (χ0n) is 32.0. The first kappa shape index (κ1) is 39.4. The van der Waals surface area contributed by atoms with Gasteiger partial charge >= 0.3 is 0 Å². The highest BCUT2D eigenvalue weighted by Crippen LogP contribution is 2.55. The third-order valence-corrected chi connectivity index (χ3v) is 11.7. The molecule has 5 rings (SSSR count). The average molecular weight is 729 g/mol. The standard InChI is InChI=1S/C44H56O9/c1-8-12-25-29-17-31(39(48)21(4)37(29)46)26(13-9-2)33-19-35(43(52)23(6)41(33)50)28(15-11-16-45)36-20-34(42(51)24(7)44(36)53)27(14-10-3)32-18-30(25)38(47)22(5)40(32)49/h17-20,25-28,45-53H,8-16H2,1-7H3. The van der Waals surface area contributed by atoms with Gasteiger partial charge in [0.05, 0.1) is 0 Å². The van der Waals surface area contributed by atoms with Gasteiger partial charge in [0.2, 0.25) is 0 Å². The number of rotatable bonds is 9. The normalized spacial score (nSPS) is 18.3. The van der Waals surface area contributed by atoms with Gasteiger partial charge in [-0.15, -0.1) is 0 Å². The minimum Gasteiger partial charge on any atom is -0.507 e. The Bertz CT molecular complexity index is 1880. The van der Waals surface area contributed by atoms with E-state index in [1.165, 1.54) is 0 Å². The maximum Gasteiger partial charge on any atom is 0.126 e. The molecular weight excluding hydrogens is 672 g/mol. The molecule has 0 heterocycles. The van der Waals surface area contributed by atoms with Crippen molar-refractivity contribution in [2.24, 2.45) is 0 Å². The molecule has 0 aromatic heterocycles. The summed E-state index contributed by atoms with van der Waals surface area (Å²) in [5, 5.41) is 104. The van der Waals surface area contributed by atoms with E-state index in [2.05, 4.69) is 0 Å². The van der Waals surface area contributed by atoms with E-state index in [0.717, 1.165) is 0 Å². The molecule has 9 nitrogen and oxygen atoms in total. The van der Waals surface area contributed by atoms with Crippen LogP contribution < -0.4 is 0 Å². The zero-order chi connectivity index (χ0) is 39.0. The van der Waals surface area contributed by atoms with Gasteiger partial charge in [-0.05, 0) is 84.1 Å². The highest BCUT2D eigenvalue weighted by Gasteiger charge is 2.35. The van der Waals surface area contributed by atoms with Crippen molar-refractivity contribution < 1.29 is 46.0 Å². The van der Waals surface area contributed by atoms with E-state index in [1.54, 1.807) is 52.0 Å². The first-order valence-electron chi connectivity index (χ1n) is 19.0. The van der Waals surface area contributed by atoms with Gasteiger partial charge in [0.1, 0.15) is 46.0 Å². The maximum atomic E-state index is 11.8. The third kappa shape index (κ3) is 6.69. The van der Waals surface area contributed by atoms with Crippen LogP contribution in [0.4, 0.5) is 0 Å². The van der Waals surface area contributed by atoms with E-state index in [4.69, 9.17) is 0 Å². The van der Waals surface area contributed by atoms with Gasteiger partial charge in [-0.3, -0.25) is 0 Å². The molecule has 0 saturated carbocycles. The van der Waals surface area contributed by atoms with Crippen LogP contribution in [0.1, 0.15) is 163 Å². The summed E-state index contributed by atoms with van der Waals surface area (Å²) in [6.45, 7) is 12.3. The first-order valence-corrected chi connectivity index (χ1v) is 19.0. The topological polar surface area (TPSA) is 182 Å². The second-order valence-corrected chi connectivity index (χ2v) is 15.0. The van der Waals surface area contributed by atoms with E-state index in [-0.39, 0.29) is 74.9 Å². The quantitative estimate of drug-likeness (QED) is 0.0810. The Morgan fingerprint density at radius 2 is 0.547 bits per heavy atom. The lowest BCUT2D eigenvalue weighted by atomic mass is 9.75. The number of hydrogen-bond acceptors (Lipinski definition) is 9. The lowest BCUT2D eigenvalue weighted by Crippen LogP contribution is -2.13. The smallest absolute Gasteiger partial charge is 0.126 e. The van der Waals surface area contributed by atoms with Crippen molar-refractivity contribution in [3.63, 3.8) is 0 Å². The fraction of sp³-hybridized carbons (Fsp3) is 0.455. The summed E-state index contributed by atoms with van der Waals surface area (Å²) in [5.41, 5.74) is 4.51. The van der Waals surface area contributed by atoms with Crippen molar-refractivity contribution in [2.75, 3.05) is 6.61 Å². The fourth-order valence-electron chi connectivity index (χ4n) is 8.60. The molecule has 2 unspecified atom stereocenters. The van der Waals surface area contributed by atoms with E-state index in [9.17, 15) is 46.0 Å². The van der Waals surface area contributed by atoms with Crippen LogP contribution in [-0.4, -0.2) is 52.6 Å². The number of phenols is 8. The van der Waals surface area contributed by atoms with Crippen LogP contribution >= 0.6 is 0 Å². The van der Waals surface area contributed by atoms with Gasteiger partial charge in [-0.25, -0.2) is 0 Å². The first-order chi connectivity index (χ1) is 25.2. The summed E-state index contributed by atoms with van der Waals surface area (Å²) in [5.74, 6) is -3.62. The molecule has 9 heteroatoms. The summed E-state index contributed by atoms with van der Waals surface area (Å²) < 4.78 is 0. The lowest BCUT2D eigenvalue weighted by Gasteiger charge is -2.31. The predicted octanol–water partition coefficient (Wildman–Crippen LogP) is 9.58. The molecule has 8 bridgehead atoms. The van der Waals surface area contributed by atoms with Gasteiger partial charge in [0.25, 0.3) is 0 Å². The molecule has 0 saturated heterocycles. The zero-order valence-corrected chi connectivity index (χ0v) is 32.0. The van der Waals surface area contributed by atoms with E-state index < -0.39 is 23.7 Å². The second kappa shape index (κ2) is 15.7. The maximum absolute atomic E-state index is 11.8. The van der Waals surface area contributed by atoms with Crippen LogP contribution in [-0.2, 0) is 0 Å². The summed E-state index contributed by atoms with van der Waals surface area (Å²) in [6.07, 6.45) is 4.04. The number of phenolic OH excluding ortho intramolecular Hbond substituents is 8. The van der Waals surface area contributed by atoms with Crippen LogP contribution in [0.2, 0.25) is 0 Å². The molecule has 0 fully saturated rings. The predicted molar refractivity (Wildman–Crippen MR) is 206 cm³/mol. The van der Waals surface area contributed by atoms with Gasteiger partial charge in [0.15, 0.2) is 0 Å². The second-order valence-electron chi connectivity index (χ2n) is 15.0. The monoisotopic (exact) mass is 728 g/mol. The Kier molecular flexibility index (Phi) is 11.7. The highest BCUT2D eigenvalue weighted by molar-refractivity contribution is 5.67. The molecule has 0 spiro atoms. The number of hydrogen-bond donors (Lipinski definition) is 9. The summed E-state index contributed by atoms with van der Waals surface area (Å²) >= 11 is 0. The Hall–Kier alpha value is -4.76. The van der Waals surface area contributed by atoms with Gasteiger partial charge in [0, 0.05) is 97.0 Å². The lowest BCUT2D eigenvalue weighted by molar-refractivity contribution is 0.281. The summed E-state index contributed by atoms with van der Waals surface area (Å²) in [6, 6.07) is 6.93. The molecule has 1 aliphatic rings. The van der Waals surface area contributed by atoms with Crippen molar-refractivity contribution >= 4 is 0 Å². The van der Waals surface area contributed by atoms with E-state index in [1.807, 2.05) is 20.8 Å². The largest absolute Gasteiger partial charge is 0.507 e.